The first-order valence-corrected chi connectivity index (χ1v) is 7.43. The van der Waals surface area contributed by atoms with Crippen LogP contribution in [-0.2, 0) is 0 Å². The molecule has 2 aromatic rings. The second-order valence-corrected chi connectivity index (χ2v) is 6.15. The molecular weight excluding hydrogens is 354 g/mol. The molecule has 0 saturated heterocycles. The van der Waals surface area contributed by atoms with E-state index in [2.05, 4.69) is 93.5 Å². The summed E-state index contributed by atoms with van der Waals surface area (Å²) in [6.07, 6.45) is 0. The molecule has 0 saturated carbocycles. The Balaban J connectivity index is 2.13. The van der Waals surface area contributed by atoms with Crippen molar-refractivity contribution in [1.82, 2.24) is 0 Å². The van der Waals surface area contributed by atoms with E-state index in [-0.39, 0.29) is 6.04 Å². The van der Waals surface area contributed by atoms with Gasteiger partial charge in [-0.25, -0.2) is 0 Å². The molecule has 0 amide bonds. The van der Waals surface area contributed by atoms with Gasteiger partial charge >= 0.3 is 0 Å². The molecule has 18 heavy (non-hydrogen) atoms. The van der Waals surface area contributed by atoms with E-state index < -0.39 is 0 Å². The number of hydrogen-bond donors (Lipinski definition) is 1. The first kappa shape index (κ1) is 13.6. The molecule has 0 aliphatic rings. The Morgan fingerprint density at radius 1 is 1.00 bits per heavy atom. The third kappa shape index (κ3) is 3.36. The smallest absolute Gasteiger partial charge is 0.0485 e. The van der Waals surface area contributed by atoms with Crippen LogP contribution in [0.1, 0.15) is 24.1 Å². The summed E-state index contributed by atoms with van der Waals surface area (Å²) >= 11 is 7.01. The van der Waals surface area contributed by atoms with E-state index in [0.717, 1.165) is 14.6 Å². The lowest BCUT2D eigenvalue weighted by atomic mass is 10.1. The highest BCUT2D eigenvalue weighted by Gasteiger charge is 2.05. The molecule has 0 spiro atoms. The number of benzene rings is 2. The molecule has 0 heterocycles. The van der Waals surface area contributed by atoms with Gasteiger partial charge in [0.25, 0.3) is 0 Å². The summed E-state index contributed by atoms with van der Waals surface area (Å²) in [6.45, 7) is 4.25. The van der Waals surface area contributed by atoms with Gasteiger partial charge in [-0.05, 0) is 49.2 Å². The second kappa shape index (κ2) is 5.89. The lowest BCUT2D eigenvalue weighted by molar-refractivity contribution is 0.884. The predicted molar refractivity (Wildman–Crippen MR) is 85.1 cm³/mol. The Bertz CT molecular complexity index is 535. The third-order valence-electron chi connectivity index (χ3n) is 2.93. The quantitative estimate of drug-likeness (QED) is 0.733. The molecule has 0 aromatic heterocycles. The van der Waals surface area contributed by atoms with Gasteiger partial charge in [0.2, 0.25) is 0 Å². The van der Waals surface area contributed by atoms with Crippen LogP contribution in [-0.4, -0.2) is 0 Å². The van der Waals surface area contributed by atoms with Gasteiger partial charge in [-0.3, -0.25) is 0 Å². The van der Waals surface area contributed by atoms with Crippen molar-refractivity contribution < 1.29 is 0 Å². The highest BCUT2D eigenvalue weighted by molar-refractivity contribution is 9.10. The van der Waals surface area contributed by atoms with Gasteiger partial charge in [0.15, 0.2) is 0 Å². The van der Waals surface area contributed by atoms with E-state index in [9.17, 15) is 0 Å². The Labute approximate surface area is 125 Å². The van der Waals surface area contributed by atoms with Crippen molar-refractivity contribution in [2.45, 2.75) is 19.9 Å². The average molecular weight is 369 g/mol. The summed E-state index contributed by atoms with van der Waals surface area (Å²) in [5.41, 5.74) is 3.65. The first-order valence-electron chi connectivity index (χ1n) is 5.84. The van der Waals surface area contributed by atoms with E-state index in [4.69, 9.17) is 0 Å². The number of aryl methyl sites for hydroxylation is 1. The summed E-state index contributed by atoms with van der Waals surface area (Å²) in [6, 6.07) is 15.0. The van der Waals surface area contributed by atoms with Crippen molar-refractivity contribution in [2.24, 2.45) is 0 Å². The maximum Gasteiger partial charge on any atom is 0.0485 e. The molecule has 1 atom stereocenters. The van der Waals surface area contributed by atoms with Gasteiger partial charge in [-0.2, -0.15) is 0 Å². The molecule has 2 aromatic carbocycles. The summed E-state index contributed by atoms with van der Waals surface area (Å²) < 4.78 is 2.24. The van der Waals surface area contributed by atoms with Gasteiger partial charge in [-0.1, -0.05) is 50.1 Å². The van der Waals surface area contributed by atoms with Crippen LogP contribution in [0.4, 0.5) is 5.69 Å². The molecule has 2 rings (SSSR count). The fraction of sp³-hybridized carbons (Fsp3) is 0.200. The highest BCUT2D eigenvalue weighted by Crippen LogP contribution is 2.25. The minimum atomic E-state index is 0.285. The third-order valence-corrected chi connectivity index (χ3v) is 4.31. The molecule has 0 radical (unpaired) electrons. The zero-order chi connectivity index (χ0) is 13.1. The first-order chi connectivity index (χ1) is 8.56. The zero-order valence-electron chi connectivity index (χ0n) is 10.4. The fourth-order valence-corrected chi connectivity index (χ4v) is 2.41. The summed E-state index contributed by atoms with van der Waals surface area (Å²) in [7, 11) is 0. The summed E-state index contributed by atoms with van der Waals surface area (Å²) in [5.74, 6) is 0. The van der Waals surface area contributed by atoms with Crippen molar-refractivity contribution in [3.8, 4) is 0 Å². The van der Waals surface area contributed by atoms with Crippen molar-refractivity contribution in [3.05, 3.63) is 62.5 Å². The molecule has 94 valence electrons. The molecule has 0 fully saturated rings. The highest BCUT2D eigenvalue weighted by atomic mass is 79.9. The largest absolute Gasteiger partial charge is 0.378 e. The lowest BCUT2D eigenvalue weighted by Gasteiger charge is -2.16. The molecular formula is C15H15Br2N. The average Bonchev–Trinajstić information content (AvgIpc) is 2.34. The summed E-state index contributed by atoms with van der Waals surface area (Å²) in [4.78, 5) is 0. The molecule has 1 unspecified atom stereocenters. The molecule has 0 aliphatic heterocycles. The van der Waals surface area contributed by atoms with Crippen molar-refractivity contribution in [2.75, 3.05) is 5.32 Å². The van der Waals surface area contributed by atoms with Crippen LogP contribution in [0.25, 0.3) is 0 Å². The number of anilines is 1. The van der Waals surface area contributed by atoms with Crippen LogP contribution < -0.4 is 5.32 Å². The minimum absolute atomic E-state index is 0.285. The maximum atomic E-state index is 3.56. The molecule has 0 aliphatic carbocycles. The van der Waals surface area contributed by atoms with Crippen LogP contribution >= 0.6 is 31.9 Å². The van der Waals surface area contributed by atoms with Gasteiger partial charge in [-0.15, -0.1) is 0 Å². The normalized spacial score (nSPS) is 12.2. The Morgan fingerprint density at radius 3 is 2.28 bits per heavy atom. The van der Waals surface area contributed by atoms with Gasteiger partial charge in [0.05, 0.1) is 0 Å². The number of halogens is 2. The molecule has 3 heteroatoms. The minimum Gasteiger partial charge on any atom is -0.378 e. The van der Waals surface area contributed by atoms with Gasteiger partial charge in [0.1, 0.15) is 0 Å². The van der Waals surface area contributed by atoms with Crippen molar-refractivity contribution in [3.63, 3.8) is 0 Å². The monoisotopic (exact) mass is 367 g/mol. The van der Waals surface area contributed by atoms with Crippen molar-refractivity contribution in [1.29, 1.82) is 0 Å². The molecule has 0 bridgehead atoms. The van der Waals surface area contributed by atoms with E-state index in [0.29, 0.717) is 0 Å². The van der Waals surface area contributed by atoms with E-state index in [1.807, 2.05) is 0 Å². The predicted octanol–water partition coefficient (Wildman–Crippen LogP) is 5.69. The Morgan fingerprint density at radius 2 is 1.67 bits per heavy atom. The van der Waals surface area contributed by atoms with Crippen LogP contribution in [0.5, 0.6) is 0 Å². The standard InChI is InChI=1S/C15H15Br2N/c1-10-3-8-14(9-15(10)17)18-11(2)12-4-6-13(16)7-5-12/h3-9,11,18H,1-2H3. The maximum absolute atomic E-state index is 3.56. The Hall–Kier alpha value is -0.800. The number of hydrogen-bond acceptors (Lipinski definition) is 1. The second-order valence-electron chi connectivity index (χ2n) is 4.38. The lowest BCUT2D eigenvalue weighted by Crippen LogP contribution is -2.06. The SMILES string of the molecule is Cc1ccc(NC(C)c2ccc(Br)cc2)cc1Br. The number of nitrogens with one attached hydrogen (secondary N) is 1. The van der Waals surface area contributed by atoms with E-state index in [1.165, 1.54) is 11.1 Å². The van der Waals surface area contributed by atoms with Gasteiger partial charge in [0, 0.05) is 20.7 Å². The van der Waals surface area contributed by atoms with E-state index in [1.54, 1.807) is 0 Å². The van der Waals surface area contributed by atoms with Crippen LogP contribution in [0.3, 0.4) is 0 Å². The van der Waals surface area contributed by atoms with Crippen molar-refractivity contribution >= 4 is 37.5 Å². The molecule has 1 nitrogen and oxygen atoms in total. The fourth-order valence-electron chi connectivity index (χ4n) is 1.77. The summed E-state index contributed by atoms with van der Waals surface area (Å²) in [5, 5.41) is 3.50. The van der Waals surface area contributed by atoms with E-state index >= 15 is 0 Å². The van der Waals surface area contributed by atoms with Crippen LogP contribution in [0, 0.1) is 6.92 Å². The number of rotatable bonds is 3. The van der Waals surface area contributed by atoms with Crippen LogP contribution in [0.15, 0.2) is 51.4 Å². The topological polar surface area (TPSA) is 12.0 Å². The zero-order valence-corrected chi connectivity index (χ0v) is 13.5. The molecule has 1 N–H and O–H groups in total. The Kier molecular flexibility index (Phi) is 4.46. The van der Waals surface area contributed by atoms with Crippen LogP contribution in [0.2, 0.25) is 0 Å². The van der Waals surface area contributed by atoms with Gasteiger partial charge < -0.3 is 5.32 Å².